The minimum Gasteiger partial charge on any atom is -0.352 e. The Morgan fingerprint density at radius 2 is 1.57 bits per heavy atom. The maximum atomic E-state index is 15.6. The Morgan fingerprint density at radius 1 is 0.946 bits per heavy atom. The zero-order valence-electron chi connectivity index (χ0n) is 20.7. The Hall–Kier alpha value is -3.57. The van der Waals surface area contributed by atoms with Crippen LogP contribution in [-0.4, -0.2) is 29.4 Å². The number of ketones is 3. The topological polar surface area (TPSA) is 54.5 Å². The molecule has 37 heavy (non-hydrogen) atoms. The summed E-state index contributed by atoms with van der Waals surface area (Å²) in [5.41, 5.74) is -0.246. The van der Waals surface area contributed by atoms with Crippen LogP contribution in [0.5, 0.6) is 0 Å². The lowest BCUT2D eigenvalue weighted by atomic mass is 9.63. The van der Waals surface area contributed by atoms with E-state index >= 15 is 4.39 Å². The normalized spacial score (nSPS) is 23.3. The van der Waals surface area contributed by atoms with Crippen molar-refractivity contribution < 1.29 is 18.8 Å². The number of carbonyl (C=O) groups excluding carboxylic acids is 3. The highest BCUT2D eigenvalue weighted by Crippen LogP contribution is 2.61. The Morgan fingerprint density at radius 3 is 2.19 bits per heavy atom. The van der Waals surface area contributed by atoms with E-state index in [2.05, 4.69) is 0 Å². The molecule has 186 valence electrons. The van der Waals surface area contributed by atoms with Crippen LogP contribution in [-0.2, 0) is 4.79 Å². The minimum absolute atomic E-state index is 0.171. The predicted molar refractivity (Wildman–Crippen MR) is 142 cm³/mol. The molecule has 3 atom stereocenters. The molecule has 1 spiro atoms. The standard InChI is InChI=1S/C31H25ClFNO3/c1-30(2,3)29(37)26-25(21-10-6-7-11-22(21)33)31(27(35)19-8-4-5-9-20(19)28(31)36)24-15-12-17-16-18(32)13-14-23(17)34(24)26/h4-16,24-26H,1-3H3/t24-,25+,26-/m0/s1. The molecule has 0 N–H and O–H groups in total. The highest BCUT2D eigenvalue weighted by molar-refractivity contribution is 6.32. The molecule has 0 unspecified atom stereocenters. The van der Waals surface area contributed by atoms with Crippen LogP contribution in [0.4, 0.5) is 10.1 Å². The highest BCUT2D eigenvalue weighted by Gasteiger charge is 2.72. The molecule has 0 aromatic heterocycles. The fraction of sp³-hybridized carbons (Fsp3) is 0.258. The van der Waals surface area contributed by atoms with Gasteiger partial charge in [-0.05, 0) is 35.4 Å². The fourth-order valence-corrected chi connectivity index (χ4v) is 6.64. The van der Waals surface area contributed by atoms with E-state index in [0.29, 0.717) is 21.8 Å². The van der Waals surface area contributed by atoms with Gasteiger partial charge in [0.1, 0.15) is 11.2 Å². The van der Waals surface area contributed by atoms with Crippen molar-refractivity contribution in [3.8, 4) is 0 Å². The number of hydrogen-bond donors (Lipinski definition) is 0. The van der Waals surface area contributed by atoms with E-state index in [1.54, 1.807) is 54.6 Å². The second kappa shape index (κ2) is 7.96. The first kappa shape index (κ1) is 23.8. The molecule has 3 aliphatic rings. The molecule has 4 nitrogen and oxygen atoms in total. The molecule has 3 aromatic rings. The number of anilines is 1. The van der Waals surface area contributed by atoms with Crippen LogP contribution in [0.15, 0.2) is 72.8 Å². The predicted octanol–water partition coefficient (Wildman–Crippen LogP) is 6.53. The van der Waals surface area contributed by atoms with Gasteiger partial charge in [0.15, 0.2) is 17.3 Å². The van der Waals surface area contributed by atoms with Gasteiger partial charge in [-0.15, -0.1) is 0 Å². The van der Waals surface area contributed by atoms with Crippen molar-refractivity contribution >= 4 is 40.7 Å². The maximum absolute atomic E-state index is 15.6. The molecule has 0 amide bonds. The molecule has 1 saturated heterocycles. The number of nitrogens with zero attached hydrogens (tertiary/aromatic N) is 1. The molecule has 2 heterocycles. The van der Waals surface area contributed by atoms with E-state index < -0.39 is 34.6 Å². The van der Waals surface area contributed by atoms with Crippen molar-refractivity contribution in [2.24, 2.45) is 10.8 Å². The molecule has 1 fully saturated rings. The molecule has 0 radical (unpaired) electrons. The van der Waals surface area contributed by atoms with E-state index in [-0.39, 0.29) is 22.9 Å². The van der Waals surface area contributed by atoms with Gasteiger partial charge in [-0.25, -0.2) is 4.39 Å². The van der Waals surface area contributed by atoms with Gasteiger partial charge in [-0.1, -0.05) is 87.0 Å². The van der Waals surface area contributed by atoms with Gasteiger partial charge in [0.25, 0.3) is 0 Å². The number of halogens is 2. The van der Waals surface area contributed by atoms with Crippen LogP contribution in [0.2, 0.25) is 5.02 Å². The van der Waals surface area contributed by atoms with E-state index in [4.69, 9.17) is 11.6 Å². The molecular formula is C31H25ClFNO3. The first-order valence-corrected chi connectivity index (χ1v) is 12.7. The van der Waals surface area contributed by atoms with Crippen LogP contribution >= 0.6 is 11.6 Å². The van der Waals surface area contributed by atoms with Crippen LogP contribution in [0.3, 0.4) is 0 Å². The Kier molecular flexibility index (Phi) is 5.12. The second-order valence-electron chi connectivity index (χ2n) is 11.0. The lowest BCUT2D eigenvalue weighted by Crippen LogP contribution is -2.49. The Balaban J connectivity index is 1.72. The Labute approximate surface area is 219 Å². The van der Waals surface area contributed by atoms with E-state index in [9.17, 15) is 14.4 Å². The lowest BCUT2D eigenvalue weighted by Gasteiger charge is -2.38. The zero-order valence-corrected chi connectivity index (χ0v) is 21.4. The number of Topliss-reactive ketones (excluding diaryl/α,β-unsaturated/α-hetero) is 3. The molecule has 3 aromatic carbocycles. The van der Waals surface area contributed by atoms with Crippen molar-refractivity contribution in [3.05, 3.63) is 106 Å². The largest absolute Gasteiger partial charge is 0.352 e. The minimum atomic E-state index is -1.70. The van der Waals surface area contributed by atoms with Gasteiger partial charge in [-0.2, -0.15) is 0 Å². The van der Waals surface area contributed by atoms with Gasteiger partial charge in [-0.3, -0.25) is 14.4 Å². The number of benzene rings is 3. The quantitative estimate of drug-likeness (QED) is 0.366. The summed E-state index contributed by atoms with van der Waals surface area (Å²) in [5, 5.41) is 0.528. The average Bonchev–Trinajstić information content (AvgIpc) is 3.29. The van der Waals surface area contributed by atoms with E-state index in [1.807, 2.05) is 43.9 Å². The highest BCUT2D eigenvalue weighted by atomic mass is 35.5. The number of carbonyl (C=O) groups is 3. The van der Waals surface area contributed by atoms with Gasteiger partial charge in [0.05, 0.1) is 12.1 Å². The zero-order chi connectivity index (χ0) is 26.3. The van der Waals surface area contributed by atoms with Crippen LogP contribution < -0.4 is 4.90 Å². The van der Waals surface area contributed by atoms with Gasteiger partial charge in [0.2, 0.25) is 0 Å². The van der Waals surface area contributed by atoms with Crippen molar-refractivity contribution in [2.45, 2.75) is 38.8 Å². The van der Waals surface area contributed by atoms with Gasteiger partial charge >= 0.3 is 0 Å². The van der Waals surface area contributed by atoms with Crippen molar-refractivity contribution in [3.63, 3.8) is 0 Å². The van der Waals surface area contributed by atoms with Crippen molar-refractivity contribution in [1.29, 1.82) is 0 Å². The lowest BCUT2D eigenvalue weighted by molar-refractivity contribution is -0.127. The summed E-state index contributed by atoms with van der Waals surface area (Å²) in [7, 11) is 0. The first-order chi connectivity index (χ1) is 17.6. The van der Waals surface area contributed by atoms with Crippen LogP contribution in [0.1, 0.15) is 58.5 Å². The summed E-state index contributed by atoms with van der Waals surface area (Å²) in [4.78, 5) is 45.0. The summed E-state index contributed by atoms with van der Waals surface area (Å²) in [5.74, 6) is -2.50. The third-order valence-electron chi connectivity index (χ3n) is 8.01. The monoisotopic (exact) mass is 513 g/mol. The van der Waals surface area contributed by atoms with Crippen molar-refractivity contribution in [2.75, 3.05) is 4.90 Å². The third kappa shape index (κ3) is 3.10. The van der Waals surface area contributed by atoms with Gasteiger partial charge < -0.3 is 4.90 Å². The van der Waals surface area contributed by atoms with E-state index in [0.717, 1.165) is 5.56 Å². The summed E-state index contributed by atoms with van der Waals surface area (Å²) < 4.78 is 15.6. The molecule has 1 aliphatic carbocycles. The molecule has 0 saturated carbocycles. The molecular weight excluding hydrogens is 489 g/mol. The van der Waals surface area contributed by atoms with Crippen LogP contribution in [0.25, 0.3) is 6.08 Å². The average molecular weight is 514 g/mol. The summed E-state index contributed by atoms with van der Waals surface area (Å²) in [6, 6.07) is 16.5. The molecule has 0 bridgehead atoms. The van der Waals surface area contributed by atoms with E-state index in [1.165, 1.54) is 6.07 Å². The first-order valence-electron chi connectivity index (χ1n) is 12.3. The SMILES string of the molecule is CC(C)(C)C(=O)[C@@H]1[C@@H](c2ccccc2F)C2(C(=O)c3ccccc3C2=O)[C@@H]2C=Cc3cc(Cl)ccc3N12. The summed E-state index contributed by atoms with van der Waals surface area (Å²) >= 11 is 6.29. The molecule has 6 rings (SSSR count). The number of fused-ring (bicyclic) bond motifs is 5. The smallest absolute Gasteiger partial charge is 0.180 e. The third-order valence-corrected chi connectivity index (χ3v) is 8.25. The summed E-state index contributed by atoms with van der Waals surface area (Å²) in [6.07, 6.45) is 3.65. The van der Waals surface area contributed by atoms with Crippen molar-refractivity contribution in [1.82, 2.24) is 0 Å². The number of hydrogen-bond acceptors (Lipinski definition) is 4. The van der Waals surface area contributed by atoms with Crippen LogP contribution in [0, 0.1) is 16.6 Å². The molecule has 6 heteroatoms. The Bertz CT molecular complexity index is 1500. The summed E-state index contributed by atoms with van der Waals surface area (Å²) in [6.45, 7) is 5.43. The number of rotatable bonds is 2. The second-order valence-corrected chi connectivity index (χ2v) is 11.5. The fourth-order valence-electron chi connectivity index (χ4n) is 6.46. The molecule has 2 aliphatic heterocycles. The van der Waals surface area contributed by atoms with Gasteiger partial charge in [0, 0.05) is 33.2 Å². The maximum Gasteiger partial charge on any atom is 0.180 e.